The van der Waals surface area contributed by atoms with Crippen molar-refractivity contribution in [3.05, 3.63) is 24.2 Å². The molecule has 1 aliphatic heterocycles. The zero-order chi connectivity index (χ0) is 13.7. The minimum atomic E-state index is 0.477. The van der Waals surface area contributed by atoms with Crippen molar-refractivity contribution in [2.45, 2.75) is 57.7 Å². The maximum atomic E-state index is 4.95. The summed E-state index contributed by atoms with van der Waals surface area (Å²) in [5.74, 6) is 1.26. The van der Waals surface area contributed by atoms with Crippen molar-refractivity contribution in [3.8, 4) is 0 Å². The van der Waals surface area contributed by atoms with Crippen molar-refractivity contribution in [3.63, 3.8) is 0 Å². The molecular formula is C16H22N4. The highest BCUT2D eigenvalue weighted by Crippen LogP contribution is 2.42. The molecule has 0 aromatic carbocycles. The van der Waals surface area contributed by atoms with Crippen LogP contribution in [-0.2, 0) is 0 Å². The second kappa shape index (κ2) is 4.55. The van der Waals surface area contributed by atoms with Gasteiger partial charge in [-0.15, -0.1) is 0 Å². The molecule has 0 radical (unpaired) electrons. The summed E-state index contributed by atoms with van der Waals surface area (Å²) in [6, 6.07) is 5.79. The van der Waals surface area contributed by atoms with E-state index in [9.17, 15) is 0 Å². The minimum Gasteiger partial charge on any atom is -0.308 e. The Morgan fingerprint density at radius 1 is 1.25 bits per heavy atom. The maximum absolute atomic E-state index is 4.95. The van der Waals surface area contributed by atoms with Crippen LogP contribution in [0.25, 0.3) is 11.2 Å². The topological polar surface area (TPSA) is 34.0 Å². The molecule has 0 bridgehead atoms. The van der Waals surface area contributed by atoms with Gasteiger partial charge in [0.25, 0.3) is 0 Å². The number of fused-ring (bicyclic) bond motifs is 1. The van der Waals surface area contributed by atoms with Gasteiger partial charge in [-0.05, 0) is 58.2 Å². The molecule has 1 saturated carbocycles. The Morgan fingerprint density at radius 3 is 2.85 bits per heavy atom. The molecule has 20 heavy (non-hydrogen) atoms. The number of pyridine rings is 1. The number of rotatable bonds is 3. The van der Waals surface area contributed by atoms with Gasteiger partial charge in [0.1, 0.15) is 11.3 Å². The molecule has 2 aliphatic rings. The van der Waals surface area contributed by atoms with Crippen LogP contribution in [0.4, 0.5) is 0 Å². The van der Waals surface area contributed by atoms with Gasteiger partial charge in [0, 0.05) is 18.3 Å². The molecular weight excluding hydrogens is 248 g/mol. The predicted octanol–water partition coefficient (Wildman–Crippen LogP) is 3.31. The van der Waals surface area contributed by atoms with Gasteiger partial charge >= 0.3 is 0 Å². The van der Waals surface area contributed by atoms with Crippen LogP contribution in [0.2, 0.25) is 0 Å². The number of nitrogens with zero attached hydrogens (tertiary/aromatic N) is 4. The molecule has 0 amide bonds. The normalized spacial score (nSPS) is 24.1. The summed E-state index contributed by atoms with van der Waals surface area (Å²) in [5.41, 5.74) is 2.14. The molecule has 0 spiro atoms. The summed E-state index contributed by atoms with van der Waals surface area (Å²) in [4.78, 5) is 12.1. The fourth-order valence-corrected chi connectivity index (χ4v) is 3.56. The molecule has 106 valence electrons. The van der Waals surface area contributed by atoms with Crippen molar-refractivity contribution in [2.24, 2.45) is 0 Å². The molecule has 2 aromatic rings. The third-order valence-electron chi connectivity index (χ3n) is 4.64. The van der Waals surface area contributed by atoms with Crippen LogP contribution in [0, 0.1) is 0 Å². The van der Waals surface area contributed by atoms with Gasteiger partial charge in [0.15, 0.2) is 5.65 Å². The van der Waals surface area contributed by atoms with Crippen LogP contribution in [0.1, 0.15) is 57.4 Å². The van der Waals surface area contributed by atoms with E-state index in [2.05, 4.69) is 34.4 Å². The van der Waals surface area contributed by atoms with Crippen molar-refractivity contribution in [1.82, 2.24) is 19.4 Å². The quantitative estimate of drug-likeness (QED) is 0.858. The van der Waals surface area contributed by atoms with Gasteiger partial charge in [0.2, 0.25) is 0 Å². The van der Waals surface area contributed by atoms with Gasteiger partial charge < -0.3 is 4.57 Å². The van der Waals surface area contributed by atoms with E-state index in [1.54, 1.807) is 0 Å². The lowest BCUT2D eigenvalue weighted by Gasteiger charge is -2.28. The van der Waals surface area contributed by atoms with E-state index in [1.165, 1.54) is 38.1 Å². The fraction of sp³-hybridized carbons (Fsp3) is 0.625. The minimum absolute atomic E-state index is 0.477. The Morgan fingerprint density at radius 2 is 2.10 bits per heavy atom. The Bertz CT molecular complexity index is 626. The van der Waals surface area contributed by atoms with E-state index >= 15 is 0 Å². The van der Waals surface area contributed by atoms with E-state index in [0.29, 0.717) is 18.1 Å². The van der Waals surface area contributed by atoms with Crippen LogP contribution in [0.5, 0.6) is 0 Å². The van der Waals surface area contributed by atoms with Crippen molar-refractivity contribution in [2.75, 3.05) is 6.54 Å². The van der Waals surface area contributed by atoms with Crippen LogP contribution < -0.4 is 0 Å². The molecule has 3 heterocycles. The zero-order valence-corrected chi connectivity index (χ0v) is 12.3. The third-order valence-corrected chi connectivity index (χ3v) is 4.64. The largest absolute Gasteiger partial charge is 0.308 e. The van der Waals surface area contributed by atoms with Crippen molar-refractivity contribution in [1.29, 1.82) is 0 Å². The van der Waals surface area contributed by atoms with Crippen LogP contribution >= 0.6 is 0 Å². The lowest BCUT2D eigenvalue weighted by molar-refractivity contribution is 0.195. The highest BCUT2D eigenvalue weighted by atomic mass is 15.3. The number of hydrogen-bond donors (Lipinski definition) is 0. The summed E-state index contributed by atoms with van der Waals surface area (Å²) in [6.45, 7) is 5.78. The Hall–Kier alpha value is -1.42. The van der Waals surface area contributed by atoms with Crippen LogP contribution in [0.3, 0.4) is 0 Å². The fourth-order valence-electron chi connectivity index (χ4n) is 3.56. The molecule has 0 N–H and O–H groups in total. The summed E-state index contributed by atoms with van der Waals surface area (Å²) >= 11 is 0. The second-order valence-electron chi connectivity index (χ2n) is 6.41. The lowest BCUT2D eigenvalue weighted by atomic mass is 10.2. The first-order valence-corrected chi connectivity index (χ1v) is 7.84. The average Bonchev–Trinajstić information content (AvgIpc) is 3.04. The predicted molar refractivity (Wildman–Crippen MR) is 79.6 cm³/mol. The van der Waals surface area contributed by atoms with E-state index in [0.717, 1.165) is 11.2 Å². The third kappa shape index (κ3) is 1.85. The SMILES string of the molecule is CC(C)N1CCCC1c1nc2cccnc2n1C1CC1. The first kappa shape index (κ1) is 12.3. The summed E-state index contributed by atoms with van der Waals surface area (Å²) < 4.78 is 2.43. The second-order valence-corrected chi connectivity index (χ2v) is 6.41. The molecule has 4 nitrogen and oxygen atoms in total. The Kier molecular flexibility index (Phi) is 2.81. The Balaban J connectivity index is 1.84. The van der Waals surface area contributed by atoms with E-state index in [1.807, 2.05) is 12.3 Å². The number of likely N-dealkylation sites (tertiary alicyclic amines) is 1. The van der Waals surface area contributed by atoms with Gasteiger partial charge in [0.05, 0.1) is 6.04 Å². The van der Waals surface area contributed by atoms with E-state index < -0.39 is 0 Å². The first-order valence-electron chi connectivity index (χ1n) is 7.84. The zero-order valence-electron chi connectivity index (χ0n) is 12.3. The van der Waals surface area contributed by atoms with Crippen LogP contribution in [-0.4, -0.2) is 32.0 Å². The van der Waals surface area contributed by atoms with Crippen LogP contribution in [0.15, 0.2) is 18.3 Å². The first-order chi connectivity index (χ1) is 9.75. The Labute approximate surface area is 119 Å². The molecule has 4 rings (SSSR count). The summed E-state index contributed by atoms with van der Waals surface area (Å²) in [5, 5.41) is 0. The van der Waals surface area contributed by atoms with Crippen molar-refractivity contribution >= 4 is 11.2 Å². The highest BCUT2D eigenvalue weighted by molar-refractivity contribution is 5.71. The monoisotopic (exact) mass is 270 g/mol. The number of hydrogen-bond acceptors (Lipinski definition) is 3. The standard InChI is InChI=1S/C16H22N4/c1-11(2)19-10-4-6-14(19)16-18-13-5-3-9-17-15(13)20(16)12-7-8-12/h3,5,9,11-12,14H,4,6-8,10H2,1-2H3. The molecule has 1 atom stereocenters. The molecule has 1 aliphatic carbocycles. The molecule has 1 saturated heterocycles. The smallest absolute Gasteiger partial charge is 0.160 e. The molecule has 4 heteroatoms. The average molecular weight is 270 g/mol. The van der Waals surface area contributed by atoms with E-state index in [4.69, 9.17) is 4.98 Å². The van der Waals surface area contributed by atoms with Gasteiger partial charge in [-0.25, -0.2) is 9.97 Å². The highest BCUT2D eigenvalue weighted by Gasteiger charge is 2.36. The maximum Gasteiger partial charge on any atom is 0.160 e. The summed E-state index contributed by atoms with van der Waals surface area (Å²) in [7, 11) is 0. The van der Waals surface area contributed by atoms with Crippen molar-refractivity contribution < 1.29 is 0 Å². The lowest BCUT2D eigenvalue weighted by Crippen LogP contribution is -2.31. The van der Waals surface area contributed by atoms with Gasteiger partial charge in [-0.2, -0.15) is 0 Å². The molecule has 2 aromatic heterocycles. The molecule has 1 unspecified atom stereocenters. The van der Waals surface area contributed by atoms with E-state index in [-0.39, 0.29) is 0 Å². The van der Waals surface area contributed by atoms with Gasteiger partial charge in [-0.3, -0.25) is 4.90 Å². The number of imidazole rings is 1. The number of aromatic nitrogens is 3. The molecule has 2 fully saturated rings. The summed E-state index contributed by atoms with van der Waals surface area (Å²) in [6.07, 6.45) is 6.97. The van der Waals surface area contributed by atoms with Gasteiger partial charge in [-0.1, -0.05) is 0 Å².